The average molecular weight is 362 g/mol. The summed E-state index contributed by atoms with van der Waals surface area (Å²) in [7, 11) is 0. The van der Waals surface area contributed by atoms with Gasteiger partial charge in [-0.1, -0.05) is 24.3 Å². The lowest BCUT2D eigenvalue weighted by Gasteiger charge is -2.23. The zero-order valence-corrected chi connectivity index (χ0v) is 14.6. The Hall–Kier alpha value is -3.28. The summed E-state index contributed by atoms with van der Waals surface area (Å²) in [5.41, 5.74) is 0.135. The highest BCUT2D eigenvalue weighted by Gasteiger charge is 2.16. The number of rotatable bonds is 5. The summed E-state index contributed by atoms with van der Waals surface area (Å²) >= 11 is 0. The predicted molar refractivity (Wildman–Crippen MR) is 99.9 cm³/mol. The van der Waals surface area contributed by atoms with Gasteiger partial charge in [-0.2, -0.15) is 10.2 Å². The molecule has 136 valence electrons. The fraction of sp³-hybridized carbons (Fsp3) is 0.263. The van der Waals surface area contributed by atoms with Gasteiger partial charge in [0.15, 0.2) is 5.82 Å². The summed E-state index contributed by atoms with van der Waals surface area (Å²) < 4.78 is 11.3. The molecule has 0 saturated carbocycles. The second-order valence-corrected chi connectivity index (χ2v) is 6.07. The molecule has 27 heavy (non-hydrogen) atoms. The fourth-order valence-corrected chi connectivity index (χ4v) is 2.79. The molecular formula is C19H18N6O2. The van der Waals surface area contributed by atoms with Gasteiger partial charge in [-0.25, -0.2) is 9.97 Å². The summed E-state index contributed by atoms with van der Waals surface area (Å²) in [4.78, 5) is 12.9. The first-order chi connectivity index (χ1) is 13.3. The van der Waals surface area contributed by atoms with Gasteiger partial charge < -0.3 is 20.1 Å². The number of hydrogen-bond donors (Lipinski definition) is 2. The van der Waals surface area contributed by atoms with Crippen molar-refractivity contribution < 1.29 is 9.47 Å². The molecule has 0 aliphatic carbocycles. The van der Waals surface area contributed by atoms with E-state index in [4.69, 9.17) is 9.47 Å². The lowest BCUT2D eigenvalue weighted by atomic mass is 10.2. The van der Waals surface area contributed by atoms with Crippen LogP contribution in [0.5, 0.6) is 5.88 Å². The molecule has 4 rings (SSSR count). The van der Waals surface area contributed by atoms with Crippen LogP contribution in [0.1, 0.15) is 5.69 Å². The predicted octanol–water partition coefficient (Wildman–Crippen LogP) is 2.01. The highest BCUT2D eigenvalue weighted by molar-refractivity contribution is 5.84. The lowest BCUT2D eigenvalue weighted by molar-refractivity contribution is -0.000858. The minimum atomic E-state index is -0.0779. The summed E-state index contributed by atoms with van der Waals surface area (Å²) in [5.74, 6) is 1.27. The molecule has 8 nitrogen and oxygen atoms in total. The lowest BCUT2D eigenvalue weighted by Crippen LogP contribution is -2.41. The van der Waals surface area contributed by atoms with Crippen molar-refractivity contribution in [3.63, 3.8) is 0 Å². The van der Waals surface area contributed by atoms with Crippen LogP contribution in [-0.4, -0.2) is 47.4 Å². The maximum atomic E-state index is 9.25. The van der Waals surface area contributed by atoms with Crippen LogP contribution in [0.4, 0.5) is 11.6 Å². The Kier molecular flexibility index (Phi) is 5.05. The molecule has 1 atom stereocenters. The van der Waals surface area contributed by atoms with Gasteiger partial charge in [0.05, 0.1) is 12.8 Å². The Morgan fingerprint density at radius 2 is 2.11 bits per heavy atom. The number of benzene rings is 1. The molecule has 1 saturated heterocycles. The van der Waals surface area contributed by atoms with Crippen LogP contribution in [0.2, 0.25) is 0 Å². The largest absolute Gasteiger partial charge is 0.473 e. The van der Waals surface area contributed by atoms with E-state index in [-0.39, 0.29) is 17.7 Å². The first-order valence-corrected chi connectivity index (χ1v) is 8.66. The number of nitrogens with zero attached hydrogens (tertiary/aromatic N) is 4. The number of ether oxygens (including phenoxy) is 2. The van der Waals surface area contributed by atoms with Crippen molar-refractivity contribution in [2.75, 3.05) is 31.6 Å². The van der Waals surface area contributed by atoms with Gasteiger partial charge in [0, 0.05) is 24.7 Å². The number of fused-ring (bicyclic) bond motifs is 1. The number of aromatic nitrogens is 3. The summed E-state index contributed by atoms with van der Waals surface area (Å²) in [6, 6.07) is 11.9. The monoisotopic (exact) mass is 362 g/mol. The third-order valence-electron chi connectivity index (χ3n) is 4.14. The summed E-state index contributed by atoms with van der Waals surface area (Å²) in [6.45, 7) is 2.47. The van der Waals surface area contributed by atoms with Crippen LogP contribution in [0.3, 0.4) is 0 Å². The molecular weight excluding hydrogens is 344 g/mol. The van der Waals surface area contributed by atoms with Gasteiger partial charge in [-0.3, -0.25) is 0 Å². The van der Waals surface area contributed by atoms with Crippen molar-refractivity contribution in [2.45, 2.75) is 6.10 Å². The molecule has 2 N–H and O–H groups in total. The van der Waals surface area contributed by atoms with E-state index in [2.05, 4.69) is 25.6 Å². The van der Waals surface area contributed by atoms with Crippen molar-refractivity contribution >= 4 is 22.4 Å². The maximum Gasteiger partial charge on any atom is 0.253 e. The van der Waals surface area contributed by atoms with Crippen LogP contribution in [0, 0.1) is 11.3 Å². The second-order valence-electron chi connectivity index (χ2n) is 6.07. The third-order valence-corrected chi connectivity index (χ3v) is 4.14. The molecule has 0 bridgehead atoms. The third kappa shape index (κ3) is 4.11. The van der Waals surface area contributed by atoms with Crippen LogP contribution >= 0.6 is 0 Å². The number of hydrogen-bond acceptors (Lipinski definition) is 8. The molecule has 1 aromatic carbocycles. The average Bonchev–Trinajstić information content (AvgIpc) is 2.73. The van der Waals surface area contributed by atoms with Gasteiger partial charge >= 0.3 is 0 Å². The molecule has 0 radical (unpaired) electrons. The number of nitrogens with one attached hydrogen (secondary N) is 2. The first-order valence-electron chi connectivity index (χ1n) is 8.66. The van der Waals surface area contributed by atoms with Crippen LogP contribution < -0.4 is 15.4 Å². The van der Waals surface area contributed by atoms with Crippen LogP contribution in [0.25, 0.3) is 10.8 Å². The topological polar surface area (TPSA) is 105 Å². The standard InChI is InChI=1S/C19H18N6O2/c20-8-16-19(27-12-15-10-21-5-6-26-15)25-18(11-22-16)24-17-7-13-3-1-2-4-14(13)9-23-17/h1-4,7,9,11,15,21H,5-6,10,12H2,(H,23,24,25)/t15-/m1/s1. The Morgan fingerprint density at radius 1 is 1.22 bits per heavy atom. The molecule has 1 aliphatic heterocycles. The summed E-state index contributed by atoms with van der Waals surface area (Å²) in [6.07, 6.45) is 3.20. The maximum absolute atomic E-state index is 9.25. The van der Waals surface area contributed by atoms with Gasteiger partial charge in [0.25, 0.3) is 5.88 Å². The van der Waals surface area contributed by atoms with E-state index in [0.717, 1.165) is 17.3 Å². The first kappa shape index (κ1) is 17.1. The Balaban J connectivity index is 1.51. The number of anilines is 2. The zero-order valence-electron chi connectivity index (χ0n) is 14.6. The quantitative estimate of drug-likeness (QED) is 0.710. The molecule has 2 aromatic heterocycles. The number of pyridine rings is 1. The van der Waals surface area contributed by atoms with Crippen molar-refractivity contribution in [1.82, 2.24) is 20.3 Å². The molecule has 0 amide bonds. The van der Waals surface area contributed by atoms with Crippen molar-refractivity contribution in [1.29, 1.82) is 5.26 Å². The fourth-order valence-electron chi connectivity index (χ4n) is 2.79. The minimum Gasteiger partial charge on any atom is -0.473 e. The Labute approximate surface area is 156 Å². The zero-order chi connectivity index (χ0) is 18.5. The number of nitriles is 1. The smallest absolute Gasteiger partial charge is 0.253 e. The highest BCUT2D eigenvalue weighted by Crippen LogP contribution is 2.21. The second kappa shape index (κ2) is 7.95. The van der Waals surface area contributed by atoms with Crippen LogP contribution in [0.15, 0.2) is 42.7 Å². The molecule has 1 aliphatic rings. The Bertz CT molecular complexity index is 981. The van der Waals surface area contributed by atoms with Crippen LogP contribution in [-0.2, 0) is 4.74 Å². The molecule has 0 spiro atoms. The summed E-state index contributed by atoms with van der Waals surface area (Å²) in [5, 5.41) is 17.7. The SMILES string of the molecule is N#Cc1ncc(Nc2cc3ccccc3cn2)nc1OC[C@H]1CNCCO1. The molecule has 8 heteroatoms. The van der Waals surface area contributed by atoms with Crippen molar-refractivity contribution in [3.05, 3.63) is 48.4 Å². The van der Waals surface area contributed by atoms with Gasteiger partial charge in [0.1, 0.15) is 24.6 Å². The molecule has 3 aromatic rings. The van der Waals surface area contributed by atoms with Crippen molar-refractivity contribution in [3.8, 4) is 11.9 Å². The van der Waals surface area contributed by atoms with E-state index in [0.29, 0.717) is 31.4 Å². The van der Waals surface area contributed by atoms with E-state index >= 15 is 0 Å². The minimum absolute atomic E-state index is 0.0779. The van der Waals surface area contributed by atoms with E-state index < -0.39 is 0 Å². The van der Waals surface area contributed by atoms with E-state index in [1.165, 1.54) is 6.20 Å². The van der Waals surface area contributed by atoms with Crippen molar-refractivity contribution in [2.24, 2.45) is 0 Å². The molecule has 1 fully saturated rings. The van der Waals surface area contributed by atoms with Gasteiger partial charge in [-0.05, 0) is 11.5 Å². The Morgan fingerprint density at radius 3 is 2.93 bits per heavy atom. The van der Waals surface area contributed by atoms with Gasteiger partial charge in [0.2, 0.25) is 5.69 Å². The molecule has 3 heterocycles. The highest BCUT2D eigenvalue weighted by atomic mass is 16.5. The number of morpholine rings is 1. The van der Waals surface area contributed by atoms with Gasteiger partial charge in [-0.15, -0.1) is 0 Å². The molecule has 0 unspecified atom stereocenters. The van der Waals surface area contributed by atoms with E-state index in [1.54, 1.807) is 6.20 Å². The van der Waals surface area contributed by atoms with E-state index in [1.807, 2.05) is 36.4 Å². The van der Waals surface area contributed by atoms with E-state index in [9.17, 15) is 5.26 Å². The normalized spacial score (nSPS) is 16.6.